The molecular formula is C11H17ClN2O3S. The molecule has 102 valence electrons. The number of H-pyrrole nitrogens is 1. The molecule has 1 saturated heterocycles. The van der Waals surface area contributed by atoms with Gasteiger partial charge in [0, 0.05) is 25.0 Å². The fraction of sp³-hybridized carbons (Fsp3) is 0.636. The van der Waals surface area contributed by atoms with E-state index in [-0.39, 0.29) is 23.0 Å². The van der Waals surface area contributed by atoms with E-state index in [1.54, 1.807) is 6.07 Å². The monoisotopic (exact) mass is 292 g/mol. The van der Waals surface area contributed by atoms with Crippen LogP contribution in [0.25, 0.3) is 0 Å². The summed E-state index contributed by atoms with van der Waals surface area (Å²) in [5, 5.41) is 0. The van der Waals surface area contributed by atoms with Crippen molar-refractivity contribution in [1.82, 2.24) is 9.29 Å². The van der Waals surface area contributed by atoms with Gasteiger partial charge in [0.25, 0.3) is 0 Å². The van der Waals surface area contributed by atoms with Gasteiger partial charge in [0.15, 0.2) is 0 Å². The van der Waals surface area contributed by atoms with Crippen LogP contribution in [0, 0.1) is 0 Å². The van der Waals surface area contributed by atoms with Crippen molar-refractivity contribution < 1.29 is 13.2 Å². The van der Waals surface area contributed by atoms with Gasteiger partial charge in [-0.25, -0.2) is 8.42 Å². The van der Waals surface area contributed by atoms with Crippen LogP contribution in [0.3, 0.4) is 0 Å². The number of ether oxygens (including phenoxy) is 1. The predicted molar refractivity (Wildman–Crippen MR) is 69.1 cm³/mol. The van der Waals surface area contributed by atoms with Gasteiger partial charge in [0.2, 0.25) is 10.0 Å². The van der Waals surface area contributed by atoms with Gasteiger partial charge < -0.3 is 9.72 Å². The summed E-state index contributed by atoms with van der Waals surface area (Å²) in [6.45, 7) is 4.51. The van der Waals surface area contributed by atoms with Crippen molar-refractivity contribution in [3.05, 3.63) is 18.0 Å². The van der Waals surface area contributed by atoms with E-state index in [4.69, 9.17) is 16.3 Å². The van der Waals surface area contributed by atoms with Gasteiger partial charge in [-0.3, -0.25) is 0 Å². The van der Waals surface area contributed by atoms with Gasteiger partial charge in [-0.1, -0.05) is 0 Å². The smallest absolute Gasteiger partial charge is 0.244 e. The molecule has 1 aliphatic rings. The van der Waals surface area contributed by atoms with Gasteiger partial charge in [-0.2, -0.15) is 4.31 Å². The molecule has 1 fully saturated rings. The first kappa shape index (κ1) is 13.9. The Morgan fingerprint density at radius 2 is 2.06 bits per heavy atom. The minimum atomic E-state index is -3.45. The second-order valence-electron chi connectivity index (χ2n) is 4.57. The highest BCUT2D eigenvalue weighted by Gasteiger charge is 2.32. The molecule has 1 aromatic heterocycles. The third-order valence-corrected chi connectivity index (χ3v) is 4.98. The van der Waals surface area contributed by atoms with E-state index in [0.717, 1.165) is 0 Å². The Kier molecular flexibility index (Phi) is 4.01. The van der Waals surface area contributed by atoms with E-state index in [1.807, 2.05) is 13.8 Å². The summed E-state index contributed by atoms with van der Waals surface area (Å²) < 4.78 is 31.8. The van der Waals surface area contributed by atoms with Crippen LogP contribution >= 0.6 is 11.6 Å². The molecule has 2 rings (SSSR count). The van der Waals surface area contributed by atoms with Crippen LogP contribution in [0.2, 0.25) is 0 Å². The molecule has 1 N–H and O–H groups in total. The fourth-order valence-corrected chi connectivity index (χ4v) is 3.88. The minimum Gasteiger partial charge on any atom is -0.373 e. The van der Waals surface area contributed by atoms with Gasteiger partial charge in [-0.05, 0) is 19.9 Å². The number of alkyl halides is 1. The number of aromatic nitrogens is 1. The molecule has 2 atom stereocenters. The number of nitrogens with zero attached hydrogens (tertiary/aromatic N) is 1. The third-order valence-electron chi connectivity index (χ3n) is 2.88. The molecule has 0 bridgehead atoms. The summed E-state index contributed by atoms with van der Waals surface area (Å²) in [6.07, 6.45) is 1.31. The molecule has 0 amide bonds. The summed E-state index contributed by atoms with van der Waals surface area (Å²) in [6, 6.07) is 1.58. The maximum absolute atomic E-state index is 12.4. The zero-order valence-corrected chi connectivity index (χ0v) is 12.0. The first-order valence-electron chi connectivity index (χ1n) is 5.82. The number of hydrogen-bond acceptors (Lipinski definition) is 3. The van der Waals surface area contributed by atoms with Gasteiger partial charge in [-0.15, -0.1) is 11.6 Å². The molecule has 7 heteroatoms. The molecule has 0 radical (unpaired) electrons. The van der Waals surface area contributed by atoms with Crippen molar-refractivity contribution in [2.24, 2.45) is 0 Å². The van der Waals surface area contributed by atoms with E-state index in [9.17, 15) is 8.42 Å². The highest BCUT2D eigenvalue weighted by molar-refractivity contribution is 7.89. The lowest BCUT2D eigenvalue weighted by Crippen LogP contribution is -2.47. The Bertz CT molecular complexity index is 504. The average Bonchev–Trinajstić information content (AvgIpc) is 2.76. The zero-order valence-electron chi connectivity index (χ0n) is 10.4. The number of halogens is 1. The first-order chi connectivity index (χ1) is 8.43. The maximum atomic E-state index is 12.4. The molecule has 1 aromatic rings. The van der Waals surface area contributed by atoms with Crippen molar-refractivity contribution in [2.45, 2.75) is 36.8 Å². The molecule has 5 nitrogen and oxygen atoms in total. The molecule has 1 aliphatic heterocycles. The third kappa shape index (κ3) is 2.71. The Labute approximate surface area is 112 Å². The van der Waals surface area contributed by atoms with Crippen LogP contribution in [0.4, 0.5) is 0 Å². The molecule has 2 heterocycles. The summed E-state index contributed by atoms with van der Waals surface area (Å²) in [4.78, 5) is 3.12. The second kappa shape index (κ2) is 5.21. The summed E-state index contributed by atoms with van der Waals surface area (Å²) >= 11 is 5.66. The molecule has 18 heavy (non-hydrogen) atoms. The van der Waals surface area contributed by atoms with Crippen LogP contribution in [-0.4, -0.2) is 43.0 Å². The minimum absolute atomic E-state index is 0.0880. The number of hydrogen-bond donors (Lipinski definition) is 1. The maximum Gasteiger partial charge on any atom is 0.244 e. The number of morpholine rings is 1. The Morgan fingerprint density at radius 1 is 1.44 bits per heavy atom. The Morgan fingerprint density at radius 3 is 2.56 bits per heavy atom. The van der Waals surface area contributed by atoms with E-state index in [0.29, 0.717) is 18.8 Å². The molecule has 0 spiro atoms. The first-order valence-corrected chi connectivity index (χ1v) is 7.80. The number of rotatable bonds is 3. The van der Waals surface area contributed by atoms with Crippen LogP contribution < -0.4 is 0 Å². The lowest BCUT2D eigenvalue weighted by molar-refractivity contribution is -0.0440. The van der Waals surface area contributed by atoms with Gasteiger partial charge in [0.1, 0.15) is 0 Å². The highest BCUT2D eigenvalue weighted by atomic mass is 35.5. The quantitative estimate of drug-likeness (QED) is 0.860. The highest BCUT2D eigenvalue weighted by Crippen LogP contribution is 2.22. The number of nitrogens with one attached hydrogen (secondary N) is 1. The zero-order chi connectivity index (χ0) is 13.3. The molecule has 0 aliphatic carbocycles. The van der Waals surface area contributed by atoms with E-state index < -0.39 is 10.0 Å². The van der Waals surface area contributed by atoms with Crippen molar-refractivity contribution in [1.29, 1.82) is 0 Å². The summed E-state index contributed by atoms with van der Waals surface area (Å²) in [7, 11) is -3.45. The Hall–Kier alpha value is -0.560. The van der Waals surface area contributed by atoms with E-state index in [2.05, 4.69) is 4.98 Å². The van der Waals surface area contributed by atoms with Crippen LogP contribution in [0.5, 0.6) is 0 Å². The molecule has 0 unspecified atom stereocenters. The molecule has 0 saturated carbocycles. The largest absolute Gasteiger partial charge is 0.373 e. The van der Waals surface area contributed by atoms with E-state index in [1.165, 1.54) is 10.5 Å². The van der Waals surface area contributed by atoms with Gasteiger partial charge in [0.05, 0.1) is 23.0 Å². The molecule has 0 aromatic carbocycles. The lowest BCUT2D eigenvalue weighted by Gasteiger charge is -2.34. The van der Waals surface area contributed by atoms with Crippen molar-refractivity contribution >= 4 is 21.6 Å². The lowest BCUT2D eigenvalue weighted by atomic mass is 10.3. The Balaban J connectivity index is 2.25. The van der Waals surface area contributed by atoms with E-state index >= 15 is 0 Å². The van der Waals surface area contributed by atoms with Crippen LogP contribution in [0.1, 0.15) is 19.5 Å². The number of sulfonamides is 1. The number of aromatic amines is 1. The van der Waals surface area contributed by atoms with Crippen molar-refractivity contribution in [2.75, 3.05) is 13.1 Å². The van der Waals surface area contributed by atoms with Gasteiger partial charge >= 0.3 is 0 Å². The standard InChI is InChI=1S/C11H17ClN2O3S/c1-8-6-14(7-9(2)17-8)18(15,16)11-3-10(4-12)13-5-11/h3,5,8-9,13H,4,6-7H2,1-2H3/t8-,9+. The van der Waals surface area contributed by atoms with Crippen LogP contribution in [0.15, 0.2) is 17.2 Å². The SMILES string of the molecule is C[C@@H]1CN(S(=O)(=O)c2c[nH]c(CCl)c2)C[C@H](C)O1. The van der Waals surface area contributed by atoms with Crippen molar-refractivity contribution in [3.63, 3.8) is 0 Å². The summed E-state index contributed by atoms with van der Waals surface area (Å²) in [5.74, 6) is 0.269. The average molecular weight is 293 g/mol. The summed E-state index contributed by atoms with van der Waals surface area (Å²) in [5.41, 5.74) is 0.699. The fourth-order valence-electron chi connectivity index (χ4n) is 2.12. The second-order valence-corrected chi connectivity index (χ2v) is 6.78. The normalized spacial score (nSPS) is 26.4. The van der Waals surface area contributed by atoms with Crippen LogP contribution in [-0.2, 0) is 20.6 Å². The van der Waals surface area contributed by atoms with Crippen molar-refractivity contribution in [3.8, 4) is 0 Å². The topological polar surface area (TPSA) is 62.4 Å². The molecular weight excluding hydrogens is 276 g/mol. The predicted octanol–water partition coefficient (Wildman–Crippen LogP) is 1.55.